The van der Waals surface area contributed by atoms with Gasteiger partial charge in [0.15, 0.2) is 0 Å². The van der Waals surface area contributed by atoms with Crippen LogP contribution in [0.25, 0.3) is 22.7 Å². The van der Waals surface area contributed by atoms with Crippen molar-refractivity contribution in [2.45, 2.75) is 46.0 Å². The maximum Gasteiger partial charge on any atom is 0.293 e. The van der Waals surface area contributed by atoms with Crippen molar-refractivity contribution in [3.63, 3.8) is 0 Å². The van der Waals surface area contributed by atoms with Crippen LogP contribution in [0.5, 0.6) is 0 Å². The molecule has 0 N–H and O–H groups in total. The van der Waals surface area contributed by atoms with Crippen LogP contribution in [0, 0.1) is 19.8 Å². The number of benzene rings is 1. The molecule has 5 rings (SSSR count). The Morgan fingerprint density at radius 2 is 1.91 bits per heavy atom. The highest BCUT2D eigenvalue weighted by atomic mass is 32.2. The number of thioether (sulfide) groups is 1. The molecule has 0 radical (unpaired) electrons. The molecule has 0 atom stereocenters. The summed E-state index contributed by atoms with van der Waals surface area (Å²) in [6, 6.07) is 12.3. The van der Waals surface area contributed by atoms with Gasteiger partial charge in [-0.05, 0) is 86.3 Å². The predicted octanol–water partition coefficient (Wildman–Crippen LogP) is 6.26. The number of rotatable bonds is 4. The molecule has 2 aliphatic rings. The Bertz CT molecular complexity index is 1240. The molecule has 0 bridgehead atoms. The van der Waals surface area contributed by atoms with E-state index in [9.17, 15) is 9.59 Å². The number of imide groups is 1. The minimum absolute atomic E-state index is 0.136. The zero-order valence-corrected chi connectivity index (χ0v) is 19.3. The lowest BCUT2D eigenvalue weighted by Gasteiger charge is -2.25. The summed E-state index contributed by atoms with van der Waals surface area (Å²) >= 11 is 1.07. The van der Waals surface area contributed by atoms with Crippen LogP contribution >= 0.6 is 11.8 Å². The number of aromatic nitrogens is 2. The number of carbonyl (C=O) groups excluding carboxylic acids is 2. The van der Waals surface area contributed by atoms with Gasteiger partial charge < -0.3 is 4.57 Å². The minimum atomic E-state index is -0.146. The lowest BCUT2D eigenvalue weighted by Crippen LogP contribution is -2.34. The van der Waals surface area contributed by atoms with Crippen LogP contribution in [0.15, 0.2) is 47.5 Å². The zero-order valence-electron chi connectivity index (χ0n) is 18.5. The van der Waals surface area contributed by atoms with Gasteiger partial charge in [0.25, 0.3) is 11.1 Å². The van der Waals surface area contributed by atoms with Gasteiger partial charge in [-0.15, -0.1) is 0 Å². The molecule has 164 valence electrons. The Hall–Kier alpha value is -2.86. The summed E-state index contributed by atoms with van der Waals surface area (Å²) in [7, 11) is 0. The van der Waals surface area contributed by atoms with Gasteiger partial charge in [0, 0.05) is 35.2 Å². The highest BCUT2D eigenvalue weighted by molar-refractivity contribution is 8.18. The number of amides is 2. The van der Waals surface area contributed by atoms with E-state index in [0.717, 1.165) is 58.1 Å². The predicted molar refractivity (Wildman–Crippen MR) is 130 cm³/mol. The molecule has 2 aromatic heterocycles. The second kappa shape index (κ2) is 8.58. The van der Waals surface area contributed by atoms with E-state index in [2.05, 4.69) is 47.7 Å². The molecule has 1 aliphatic carbocycles. The third-order valence-corrected chi connectivity index (χ3v) is 7.55. The van der Waals surface area contributed by atoms with Gasteiger partial charge in [0.05, 0.1) is 10.4 Å². The summed E-state index contributed by atoms with van der Waals surface area (Å²) in [5.74, 6) is 0.302. The minimum Gasteiger partial charge on any atom is -0.318 e. The van der Waals surface area contributed by atoms with Crippen LogP contribution in [-0.2, 0) is 4.79 Å². The Balaban J connectivity index is 1.43. The molecule has 5 nitrogen and oxygen atoms in total. The van der Waals surface area contributed by atoms with Crippen LogP contribution in [0.4, 0.5) is 4.79 Å². The van der Waals surface area contributed by atoms with Gasteiger partial charge in [0.1, 0.15) is 0 Å². The average molecular weight is 446 g/mol. The van der Waals surface area contributed by atoms with Gasteiger partial charge in [-0.1, -0.05) is 25.3 Å². The smallest absolute Gasteiger partial charge is 0.293 e. The molecule has 1 aromatic carbocycles. The standard InChI is InChI=1S/C26H27N3O2S/c1-17-13-21(18(2)29(17)22-10-11-23-20(14-22)9-6-12-27-23)15-24-25(30)28(26(31)32-24)16-19-7-4-3-5-8-19/h6,9-15,19H,3-5,7-8,16H2,1-2H3/b24-15+. The van der Waals surface area contributed by atoms with Crippen molar-refractivity contribution in [2.24, 2.45) is 5.92 Å². The van der Waals surface area contributed by atoms with Crippen molar-refractivity contribution in [3.8, 4) is 5.69 Å². The highest BCUT2D eigenvalue weighted by Crippen LogP contribution is 2.36. The molecular formula is C26H27N3O2S. The lowest BCUT2D eigenvalue weighted by molar-refractivity contribution is -0.123. The monoisotopic (exact) mass is 445 g/mol. The largest absolute Gasteiger partial charge is 0.318 e. The third-order valence-electron chi connectivity index (χ3n) is 6.64. The molecule has 3 heterocycles. The highest BCUT2D eigenvalue weighted by Gasteiger charge is 2.36. The Labute approximate surface area is 192 Å². The molecule has 0 spiro atoms. The Morgan fingerprint density at radius 1 is 1.09 bits per heavy atom. The average Bonchev–Trinajstić information content (AvgIpc) is 3.23. The van der Waals surface area contributed by atoms with Crippen molar-refractivity contribution in [1.29, 1.82) is 0 Å². The Morgan fingerprint density at radius 3 is 2.72 bits per heavy atom. The maximum atomic E-state index is 13.0. The van der Waals surface area contributed by atoms with Crippen LogP contribution in [0.3, 0.4) is 0 Å². The molecule has 1 saturated heterocycles. The van der Waals surface area contributed by atoms with Gasteiger partial charge >= 0.3 is 0 Å². The van der Waals surface area contributed by atoms with E-state index in [-0.39, 0.29) is 11.1 Å². The summed E-state index contributed by atoms with van der Waals surface area (Å²) in [5, 5.41) is 0.950. The van der Waals surface area contributed by atoms with E-state index in [1.165, 1.54) is 24.2 Å². The summed E-state index contributed by atoms with van der Waals surface area (Å²) in [5.41, 5.74) is 5.12. The fraction of sp³-hybridized carbons (Fsp3) is 0.346. The maximum absolute atomic E-state index is 13.0. The van der Waals surface area contributed by atoms with E-state index in [0.29, 0.717) is 17.4 Å². The summed E-state index contributed by atoms with van der Waals surface area (Å²) in [4.78, 5) is 32.0. The first-order valence-corrected chi connectivity index (χ1v) is 12.1. The number of hydrogen-bond acceptors (Lipinski definition) is 4. The fourth-order valence-electron chi connectivity index (χ4n) is 4.96. The van der Waals surface area contributed by atoms with Crippen LogP contribution in [-0.4, -0.2) is 32.1 Å². The van der Waals surface area contributed by atoms with Crippen molar-refractivity contribution in [1.82, 2.24) is 14.5 Å². The van der Waals surface area contributed by atoms with Gasteiger partial charge in [-0.2, -0.15) is 0 Å². The first kappa shape index (κ1) is 21.0. The van der Waals surface area contributed by atoms with E-state index in [1.807, 2.05) is 18.2 Å². The number of aryl methyl sites for hydroxylation is 1. The third kappa shape index (κ3) is 3.88. The van der Waals surface area contributed by atoms with Crippen molar-refractivity contribution < 1.29 is 9.59 Å². The second-order valence-corrected chi connectivity index (χ2v) is 9.83. The van der Waals surface area contributed by atoms with Crippen LogP contribution in [0.1, 0.15) is 49.1 Å². The number of fused-ring (bicyclic) bond motifs is 1. The number of carbonyl (C=O) groups is 2. The van der Waals surface area contributed by atoms with Gasteiger partial charge in [-0.3, -0.25) is 19.5 Å². The van der Waals surface area contributed by atoms with Crippen molar-refractivity contribution >= 4 is 39.9 Å². The van der Waals surface area contributed by atoms with E-state index in [1.54, 1.807) is 6.20 Å². The SMILES string of the molecule is Cc1cc(/C=C2/SC(=O)N(CC3CCCCC3)C2=O)c(C)n1-c1ccc2ncccc2c1. The summed E-state index contributed by atoms with van der Waals surface area (Å²) in [6.45, 7) is 4.68. The molecule has 0 unspecified atom stereocenters. The molecule has 3 aromatic rings. The number of nitrogens with zero attached hydrogens (tertiary/aromatic N) is 3. The molecular weight excluding hydrogens is 418 g/mol. The lowest BCUT2D eigenvalue weighted by atomic mass is 9.89. The van der Waals surface area contributed by atoms with Crippen LogP contribution in [0.2, 0.25) is 0 Å². The van der Waals surface area contributed by atoms with Crippen molar-refractivity contribution in [2.75, 3.05) is 6.54 Å². The van der Waals surface area contributed by atoms with E-state index < -0.39 is 0 Å². The molecule has 1 saturated carbocycles. The molecule has 1 aliphatic heterocycles. The summed E-state index contributed by atoms with van der Waals surface area (Å²) < 4.78 is 2.19. The van der Waals surface area contributed by atoms with Crippen molar-refractivity contribution in [3.05, 3.63) is 64.5 Å². The molecule has 2 amide bonds. The first-order chi connectivity index (χ1) is 15.5. The van der Waals surface area contributed by atoms with E-state index >= 15 is 0 Å². The second-order valence-electron chi connectivity index (χ2n) is 8.84. The fourth-order valence-corrected chi connectivity index (χ4v) is 5.80. The zero-order chi connectivity index (χ0) is 22.2. The number of pyridine rings is 1. The quantitative estimate of drug-likeness (QED) is 0.445. The van der Waals surface area contributed by atoms with Gasteiger partial charge in [0.2, 0.25) is 0 Å². The topological polar surface area (TPSA) is 55.2 Å². The normalized spacial score (nSPS) is 18.9. The molecule has 6 heteroatoms. The Kier molecular flexibility index (Phi) is 5.64. The van der Waals surface area contributed by atoms with Gasteiger partial charge in [-0.25, -0.2) is 0 Å². The molecule has 2 fully saturated rings. The first-order valence-electron chi connectivity index (χ1n) is 11.3. The summed E-state index contributed by atoms with van der Waals surface area (Å²) in [6.07, 6.45) is 9.58. The van der Waals surface area contributed by atoms with E-state index in [4.69, 9.17) is 0 Å². The molecule has 32 heavy (non-hydrogen) atoms. The number of hydrogen-bond donors (Lipinski definition) is 0. The van der Waals surface area contributed by atoms with Crippen LogP contribution < -0.4 is 0 Å².